The average Bonchev–Trinajstić information content (AvgIpc) is 2.75. The standard InChI is InChI=1S/C12H13N5/c1-17-9-15-12(16-17)5-6-14-11-4-2-3-10(7-11)8-13/h2-4,7,9,14H,5-6H2,1H3. The van der Waals surface area contributed by atoms with Gasteiger partial charge in [-0.25, -0.2) is 4.98 Å². The number of aryl methyl sites for hydroxylation is 1. The van der Waals surface area contributed by atoms with E-state index in [1.54, 1.807) is 17.1 Å². The van der Waals surface area contributed by atoms with Crippen LogP contribution in [0.5, 0.6) is 0 Å². The largest absolute Gasteiger partial charge is 0.385 e. The van der Waals surface area contributed by atoms with E-state index in [-0.39, 0.29) is 0 Å². The van der Waals surface area contributed by atoms with Gasteiger partial charge in [-0.15, -0.1) is 0 Å². The molecule has 2 rings (SSSR count). The van der Waals surface area contributed by atoms with Gasteiger partial charge in [-0.1, -0.05) is 6.07 Å². The maximum Gasteiger partial charge on any atom is 0.152 e. The van der Waals surface area contributed by atoms with E-state index in [9.17, 15) is 0 Å². The SMILES string of the molecule is Cn1cnc(CCNc2cccc(C#N)c2)n1. The molecule has 5 nitrogen and oxygen atoms in total. The lowest BCUT2D eigenvalue weighted by molar-refractivity contribution is 0.742. The van der Waals surface area contributed by atoms with E-state index in [1.807, 2.05) is 25.2 Å². The molecule has 0 atom stereocenters. The van der Waals surface area contributed by atoms with Crippen molar-refractivity contribution in [3.63, 3.8) is 0 Å². The Morgan fingerprint density at radius 2 is 2.35 bits per heavy atom. The van der Waals surface area contributed by atoms with Crippen molar-refractivity contribution in [1.82, 2.24) is 14.8 Å². The molecular weight excluding hydrogens is 214 g/mol. The Morgan fingerprint density at radius 1 is 1.47 bits per heavy atom. The summed E-state index contributed by atoms with van der Waals surface area (Å²) < 4.78 is 1.69. The monoisotopic (exact) mass is 227 g/mol. The minimum absolute atomic E-state index is 0.658. The first-order chi connectivity index (χ1) is 8.28. The van der Waals surface area contributed by atoms with Crippen LogP contribution in [0.2, 0.25) is 0 Å². The predicted octanol–water partition coefficient (Wildman–Crippen LogP) is 1.34. The molecule has 86 valence electrons. The van der Waals surface area contributed by atoms with Crippen LogP contribution < -0.4 is 5.32 Å². The van der Waals surface area contributed by atoms with Crippen LogP contribution in [0.4, 0.5) is 5.69 Å². The van der Waals surface area contributed by atoms with Crippen molar-refractivity contribution in [2.24, 2.45) is 7.05 Å². The molecule has 0 spiro atoms. The fraction of sp³-hybridized carbons (Fsp3) is 0.250. The van der Waals surface area contributed by atoms with Gasteiger partial charge in [-0.2, -0.15) is 10.4 Å². The van der Waals surface area contributed by atoms with Crippen molar-refractivity contribution in [3.8, 4) is 6.07 Å². The van der Waals surface area contributed by atoms with Gasteiger partial charge in [0, 0.05) is 25.7 Å². The van der Waals surface area contributed by atoms with Crippen molar-refractivity contribution in [1.29, 1.82) is 5.26 Å². The third-order valence-electron chi connectivity index (χ3n) is 2.32. The number of anilines is 1. The molecule has 0 aliphatic heterocycles. The molecule has 5 heteroatoms. The van der Waals surface area contributed by atoms with Crippen LogP contribution >= 0.6 is 0 Å². The van der Waals surface area contributed by atoms with E-state index in [2.05, 4.69) is 21.5 Å². The Hall–Kier alpha value is -2.35. The molecule has 0 saturated heterocycles. The van der Waals surface area contributed by atoms with Gasteiger partial charge >= 0.3 is 0 Å². The quantitative estimate of drug-likeness (QED) is 0.856. The molecule has 0 radical (unpaired) electrons. The second-order valence-electron chi connectivity index (χ2n) is 3.70. The maximum absolute atomic E-state index is 8.77. The highest BCUT2D eigenvalue weighted by molar-refractivity contribution is 5.49. The molecule has 2 aromatic rings. The van der Waals surface area contributed by atoms with Crippen LogP contribution in [0.15, 0.2) is 30.6 Å². The van der Waals surface area contributed by atoms with Crippen molar-refractivity contribution in [2.75, 3.05) is 11.9 Å². The molecule has 0 bridgehead atoms. The highest BCUT2D eigenvalue weighted by atomic mass is 15.3. The summed E-state index contributed by atoms with van der Waals surface area (Å²) in [6.45, 7) is 0.749. The summed E-state index contributed by atoms with van der Waals surface area (Å²) in [5.74, 6) is 0.816. The molecule has 0 fully saturated rings. The fourth-order valence-electron chi connectivity index (χ4n) is 1.52. The molecule has 0 amide bonds. The summed E-state index contributed by atoms with van der Waals surface area (Å²) in [7, 11) is 1.85. The van der Waals surface area contributed by atoms with Crippen molar-refractivity contribution >= 4 is 5.69 Å². The molecular formula is C12H13N5. The smallest absolute Gasteiger partial charge is 0.152 e. The highest BCUT2D eigenvalue weighted by Crippen LogP contribution is 2.09. The van der Waals surface area contributed by atoms with E-state index < -0.39 is 0 Å². The second-order valence-corrected chi connectivity index (χ2v) is 3.70. The van der Waals surface area contributed by atoms with Gasteiger partial charge in [0.05, 0.1) is 11.6 Å². The normalized spacial score (nSPS) is 9.88. The Labute approximate surface area is 99.7 Å². The van der Waals surface area contributed by atoms with Gasteiger partial charge in [-0.05, 0) is 18.2 Å². The number of nitriles is 1. The van der Waals surface area contributed by atoms with E-state index >= 15 is 0 Å². The summed E-state index contributed by atoms with van der Waals surface area (Å²) in [6, 6.07) is 9.52. The van der Waals surface area contributed by atoms with Crippen LogP contribution in [-0.2, 0) is 13.5 Å². The van der Waals surface area contributed by atoms with Crippen LogP contribution in [0, 0.1) is 11.3 Å². The second kappa shape index (κ2) is 5.12. The molecule has 1 heterocycles. The first kappa shape index (κ1) is 11.1. The third kappa shape index (κ3) is 3.05. The van der Waals surface area contributed by atoms with E-state index in [0.717, 1.165) is 24.5 Å². The van der Waals surface area contributed by atoms with Gasteiger partial charge in [-0.3, -0.25) is 4.68 Å². The first-order valence-electron chi connectivity index (χ1n) is 5.36. The molecule has 0 aliphatic carbocycles. The number of nitrogens with one attached hydrogen (secondary N) is 1. The van der Waals surface area contributed by atoms with Gasteiger partial charge in [0.2, 0.25) is 0 Å². The number of benzene rings is 1. The molecule has 1 N–H and O–H groups in total. The Bertz CT molecular complexity index is 538. The van der Waals surface area contributed by atoms with E-state index in [4.69, 9.17) is 5.26 Å². The number of hydrogen-bond acceptors (Lipinski definition) is 4. The minimum Gasteiger partial charge on any atom is -0.385 e. The summed E-state index contributed by atoms with van der Waals surface area (Å²) in [5.41, 5.74) is 1.60. The summed E-state index contributed by atoms with van der Waals surface area (Å²) in [5, 5.41) is 16.2. The molecule has 0 aliphatic rings. The average molecular weight is 227 g/mol. The van der Waals surface area contributed by atoms with Gasteiger partial charge < -0.3 is 5.32 Å². The van der Waals surface area contributed by atoms with E-state index in [1.165, 1.54) is 0 Å². The molecule has 1 aromatic heterocycles. The summed E-state index contributed by atoms with van der Waals surface area (Å²) in [4.78, 5) is 4.14. The van der Waals surface area contributed by atoms with Gasteiger partial charge in [0.1, 0.15) is 6.33 Å². The summed E-state index contributed by atoms with van der Waals surface area (Å²) >= 11 is 0. The lowest BCUT2D eigenvalue weighted by Gasteiger charge is -2.04. The Kier molecular flexibility index (Phi) is 3.36. The van der Waals surface area contributed by atoms with Gasteiger partial charge in [0.25, 0.3) is 0 Å². The molecule has 1 aromatic carbocycles. The molecule has 0 saturated carbocycles. The number of nitrogens with zero attached hydrogens (tertiary/aromatic N) is 4. The fourth-order valence-corrected chi connectivity index (χ4v) is 1.52. The van der Waals surface area contributed by atoms with Crippen LogP contribution in [0.1, 0.15) is 11.4 Å². The van der Waals surface area contributed by atoms with E-state index in [0.29, 0.717) is 5.56 Å². The number of hydrogen-bond donors (Lipinski definition) is 1. The Balaban J connectivity index is 1.88. The number of rotatable bonds is 4. The highest BCUT2D eigenvalue weighted by Gasteiger charge is 1.99. The van der Waals surface area contributed by atoms with Crippen molar-refractivity contribution in [3.05, 3.63) is 42.0 Å². The third-order valence-corrected chi connectivity index (χ3v) is 2.32. The zero-order chi connectivity index (χ0) is 12.1. The van der Waals surface area contributed by atoms with Crippen molar-refractivity contribution in [2.45, 2.75) is 6.42 Å². The first-order valence-corrected chi connectivity index (χ1v) is 5.36. The maximum atomic E-state index is 8.77. The Morgan fingerprint density at radius 3 is 3.06 bits per heavy atom. The van der Waals surface area contributed by atoms with Crippen molar-refractivity contribution < 1.29 is 0 Å². The lowest BCUT2D eigenvalue weighted by Crippen LogP contribution is -2.06. The van der Waals surface area contributed by atoms with Crippen LogP contribution in [0.25, 0.3) is 0 Å². The van der Waals surface area contributed by atoms with Crippen LogP contribution in [-0.4, -0.2) is 21.3 Å². The number of aromatic nitrogens is 3. The molecule has 0 unspecified atom stereocenters. The minimum atomic E-state index is 0.658. The lowest BCUT2D eigenvalue weighted by atomic mass is 10.2. The van der Waals surface area contributed by atoms with Gasteiger partial charge in [0.15, 0.2) is 5.82 Å². The zero-order valence-electron chi connectivity index (χ0n) is 9.59. The topological polar surface area (TPSA) is 66.5 Å². The zero-order valence-corrected chi connectivity index (χ0v) is 9.59. The van der Waals surface area contributed by atoms with Crippen LogP contribution in [0.3, 0.4) is 0 Å². The summed E-state index contributed by atoms with van der Waals surface area (Å²) in [6.07, 6.45) is 2.45. The molecule has 17 heavy (non-hydrogen) atoms. The predicted molar refractivity (Wildman–Crippen MR) is 64.4 cm³/mol.